The van der Waals surface area contributed by atoms with Crippen LogP contribution in [0.1, 0.15) is 23.3 Å². The van der Waals surface area contributed by atoms with Crippen molar-refractivity contribution in [1.82, 2.24) is 10.3 Å². The summed E-state index contributed by atoms with van der Waals surface area (Å²) in [5, 5.41) is 2.78. The van der Waals surface area contributed by atoms with Gasteiger partial charge in [0.15, 0.2) is 5.69 Å². The van der Waals surface area contributed by atoms with Gasteiger partial charge in [-0.1, -0.05) is 18.2 Å². The van der Waals surface area contributed by atoms with Gasteiger partial charge >= 0.3 is 0 Å². The number of benzene rings is 1. The van der Waals surface area contributed by atoms with Gasteiger partial charge in [0.1, 0.15) is 6.26 Å². The van der Waals surface area contributed by atoms with Crippen LogP contribution in [0.15, 0.2) is 41.0 Å². The quantitative estimate of drug-likeness (QED) is 0.775. The lowest BCUT2D eigenvalue weighted by Gasteiger charge is -2.00. The molecule has 0 unspecified atom stereocenters. The number of amides is 1. The van der Waals surface area contributed by atoms with Crippen LogP contribution in [0.2, 0.25) is 0 Å². The predicted molar refractivity (Wildman–Crippen MR) is 72.6 cm³/mol. The molecule has 0 aliphatic heterocycles. The number of nitrogens with two attached hydrogens (primary N) is 1. The van der Waals surface area contributed by atoms with Crippen LogP contribution in [0.3, 0.4) is 0 Å². The van der Waals surface area contributed by atoms with Crippen LogP contribution in [0.4, 0.5) is 0 Å². The second kappa shape index (κ2) is 6.70. The summed E-state index contributed by atoms with van der Waals surface area (Å²) >= 11 is 0. The van der Waals surface area contributed by atoms with Gasteiger partial charge in [0, 0.05) is 12.1 Å². The molecular weight excluding hydrogens is 242 g/mol. The van der Waals surface area contributed by atoms with Crippen molar-refractivity contribution in [3.8, 4) is 11.5 Å². The van der Waals surface area contributed by atoms with Gasteiger partial charge in [-0.15, -0.1) is 0 Å². The topological polar surface area (TPSA) is 81.1 Å². The van der Waals surface area contributed by atoms with E-state index in [1.807, 2.05) is 30.3 Å². The van der Waals surface area contributed by atoms with Gasteiger partial charge in [-0.3, -0.25) is 4.79 Å². The molecular formula is C14H17N3O2. The van der Waals surface area contributed by atoms with Crippen molar-refractivity contribution in [2.45, 2.75) is 12.8 Å². The molecule has 0 aliphatic rings. The maximum atomic E-state index is 11.8. The molecule has 3 N–H and O–H groups in total. The molecule has 0 bridgehead atoms. The molecule has 100 valence electrons. The number of aromatic nitrogens is 1. The standard InChI is InChI=1S/C14H17N3O2/c15-8-4-5-9-16-13(18)12-10-19-14(17-12)11-6-2-1-3-7-11/h1-3,6-7,10H,4-5,8-9,15H2,(H,16,18). The zero-order chi connectivity index (χ0) is 13.5. The Labute approximate surface area is 111 Å². The highest BCUT2D eigenvalue weighted by molar-refractivity contribution is 5.92. The number of nitrogens with one attached hydrogen (secondary N) is 1. The van der Waals surface area contributed by atoms with Crippen LogP contribution in [0.25, 0.3) is 11.5 Å². The molecule has 2 rings (SSSR count). The Morgan fingerprint density at radius 3 is 2.79 bits per heavy atom. The SMILES string of the molecule is NCCCCNC(=O)c1coc(-c2ccccc2)n1. The molecule has 5 nitrogen and oxygen atoms in total. The second-order valence-electron chi connectivity index (χ2n) is 4.16. The van der Waals surface area contributed by atoms with Gasteiger partial charge in [-0.05, 0) is 31.5 Å². The van der Waals surface area contributed by atoms with E-state index in [0.717, 1.165) is 18.4 Å². The summed E-state index contributed by atoms with van der Waals surface area (Å²) in [6.45, 7) is 1.24. The molecule has 0 saturated heterocycles. The summed E-state index contributed by atoms with van der Waals surface area (Å²) in [5.41, 5.74) is 6.53. The minimum Gasteiger partial charge on any atom is -0.444 e. The lowest BCUT2D eigenvalue weighted by Crippen LogP contribution is -2.25. The van der Waals surface area contributed by atoms with Crippen LogP contribution in [-0.2, 0) is 0 Å². The van der Waals surface area contributed by atoms with Crippen LogP contribution in [-0.4, -0.2) is 24.0 Å². The number of carbonyl (C=O) groups excluding carboxylic acids is 1. The lowest BCUT2D eigenvalue weighted by molar-refractivity contribution is 0.0948. The summed E-state index contributed by atoms with van der Waals surface area (Å²) in [7, 11) is 0. The van der Waals surface area contributed by atoms with Gasteiger partial charge in [-0.2, -0.15) is 0 Å². The average Bonchev–Trinajstić information content (AvgIpc) is 2.94. The van der Waals surface area contributed by atoms with E-state index in [4.69, 9.17) is 10.2 Å². The zero-order valence-corrected chi connectivity index (χ0v) is 10.6. The monoisotopic (exact) mass is 259 g/mol. The fourth-order valence-corrected chi connectivity index (χ4v) is 1.65. The number of unbranched alkanes of at least 4 members (excludes halogenated alkanes) is 1. The largest absolute Gasteiger partial charge is 0.444 e. The van der Waals surface area contributed by atoms with Crippen molar-refractivity contribution >= 4 is 5.91 Å². The average molecular weight is 259 g/mol. The van der Waals surface area contributed by atoms with Gasteiger partial charge < -0.3 is 15.5 Å². The van der Waals surface area contributed by atoms with E-state index < -0.39 is 0 Å². The number of rotatable bonds is 6. The van der Waals surface area contributed by atoms with E-state index >= 15 is 0 Å². The second-order valence-corrected chi connectivity index (χ2v) is 4.16. The Morgan fingerprint density at radius 1 is 1.26 bits per heavy atom. The van der Waals surface area contributed by atoms with Gasteiger partial charge in [-0.25, -0.2) is 4.98 Å². The highest BCUT2D eigenvalue weighted by atomic mass is 16.3. The third-order valence-electron chi connectivity index (χ3n) is 2.67. The Balaban J connectivity index is 1.95. The molecule has 1 amide bonds. The molecule has 5 heteroatoms. The fourth-order valence-electron chi connectivity index (χ4n) is 1.65. The molecule has 0 atom stereocenters. The Kier molecular flexibility index (Phi) is 4.69. The summed E-state index contributed by atoms with van der Waals surface area (Å²) in [4.78, 5) is 16.0. The van der Waals surface area contributed by atoms with Gasteiger partial charge in [0.25, 0.3) is 5.91 Å². The first-order valence-corrected chi connectivity index (χ1v) is 6.30. The first-order valence-electron chi connectivity index (χ1n) is 6.30. The summed E-state index contributed by atoms with van der Waals surface area (Å²) in [6, 6.07) is 9.47. The molecule has 0 radical (unpaired) electrons. The van der Waals surface area contributed by atoms with Crippen molar-refractivity contribution in [1.29, 1.82) is 0 Å². The van der Waals surface area contributed by atoms with Crippen LogP contribution in [0, 0.1) is 0 Å². The number of hydrogen-bond acceptors (Lipinski definition) is 4. The van der Waals surface area contributed by atoms with Crippen LogP contribution >= 0.6 is 0 Å². The molecule has 0 spiro atoms. The number of carbonyl (C=O) groups is 1. The molecule has 1 aromatic carbocycles. The maximum Gasteiger partial charge on any atom is 0.273 e. The Morgan fingerprint density at radius 2 is 2.05 bits per heavy atom. The summed E-state index contributed by atoms with van der Waals surface area (Å²) < 4.78 is 5.31. The first-order chi connectivity index (χ1) is 9.31. The minimum atomic E-state index is -0.219. The van der Waals surface area contributed by atoms with E-state index in [1.165, 1.54) is 6.26 Å². The zero-order valence-electron chi connectivity index (χ0n) is 10.6. The highest BCUT2D eigenvalue weighted by Gasteiger charge is 2.12. The third-order valence-corrected chi connectivity index (χ3v) is 2.67. The highest BCUT2D eigenvalue weighted by Crippen LogP contribution is 2.17. The summed E-state index contributed by atoms with van der Waals surface area (Å²) in [5.74, 6) is 0.232. The molecule has 2 aromatic rings. The van der Waals surface area contributed by atoms with Crippen LogP contribution < -0.4 is 11.1 Å². The van der Waals surface area contributed by atoms with Gasteiger partial charge in [0.05, 0.1) is 0 Å². The number of nitrogens with zero attached hydrogens (tertiary/aromatic N) is 1. The molecule has 1 aromatic heterocycles. The molecule has 0 saturated carbocycles. The Bertz CT molecular complexity index is 522. The van der Waals surface area contributed by atoms with E-state index in [0.29, 0.717) is 24.7 Å². The smallest absolute Gasteiger partial charge is 0.273 e. The normalized spacial score (nSPS) is 10.4. The minimum absolute atomic E-state index is 0.219. The Hall–Kier alpha value is -2.14. The molecule has 19 heavy (non-hydrogen) atoms. The van der Waals surface area contributed by atoms with Crippen molar-refractivity contribution in [2.24, 2.45) is 5.73 Å². The van der Waals surface area contributed by atoms with Crippen molar-refractivity contribution < 1.29 is 9.21 Å². The lowest BCUT2D eigenvalue weighted by atomic mass is 10.2. The number of hydrogen-bond donors (Lipinski definition) is 2. The van der Waals surface area contributed by atoms with E-state index in [9.17, 15) is 4.79 Å². The van der Waals surface area contributed by atoms with E-state index in [2.05, 4.69) is 10.3 Å². The number of oxazole rings is 1. The third kappa shape index (κ3) is 3.66. The van der Waals surface area contributed by atoms with Crippen molar-refractivity contribution in [2.75, 3.05) is 13.1 Å². The fraction of sp³-hybridized carbons (Fsp3) is 0.286. The van der Waals surface area contributed by atoms with Crippen molar-refractivity contribution in [3.05, 3.63) is 42.3 Å². The van der Waals surface area contributed by atoms with E-state index in [-0.39, 0.29) is 5.91 Å². The first kappa shape index (κ1) is 13.3. The van der Waals surface area contributed by atoms with Crippen molar-refractivity contribution in [3.63, 3.8) is 0 Å². The van der Waals surface area contributed by atoms with Crippen LogP contribution in [0.5, 0.6) is 0 Å². The van der Waals surface area contributed by atoms with Gasteiger partial charge in [0.2, 0.25) is 5.89 Å². The van der Waals surface area contributed by atoms with E-state index in [1.54, 1.807) is 0 Å². The molecule has 0 fully saturated rings. The maximum absolute atomic E-state index is 11.8. The molecule has 0 aliphatic carbocycles. The molecule has 1 heterocycles. The summed E-state index contributed by atoms with van der Waals surface area (Å²) in [6.07, 6.45) is 3.14. The predicted octanol–water partition coefficient (Wildman–Crippen LogP) is 1.81.